The number of aryl methyl sites for hydroxylation is 1. The normalized spacial score (nSPS) is 27.7. The highest BCUT2D eigenvalue weighted by Gasteiger charge is 2.65. The standard InChI is InChI=1S/C25H28N2O3/c1-16(2)21-15-30-25-12-13-26(22(25)14-23(28)27(21)25)24(29)19-10-8-18(9-11-19)20-7-5-4-6-17(20)3/h4-11,16,21-22H,12-15H2,1-3H3/t21-,22+,25-/m0/s1. The molecule has 156 valence electrons. The van der Waals surface area contributed by atoms with E-state index in [-0.39, 0.29) is 23.9 Å². The van der Waals surface area contributed by atoms with Crippen molar-refractivity contribution in [1.29, 1.82) is 0 Å². The maximum Gasteiger partial charge on any atom is 0.254 e. The Morgan fingerprint density at radius 3 is 2.57 bits per heavy atom. The van der Waals surface area contributed by atoms with Crippen molar-refractivity contribution in [2.75, 3.05) is 13.2 Å². The maximum atomic E-state index is 13.4. The number of hydrogen-bond acceptors (Lipinski definition) is 3. The van der Waals surface area contributed by atoms with Crippen molar-refractivity contribution in [3.63, 3.8) is 0 Å². The first-order valence-electron chi connectivity index (χ1n) is 10.9. The molecule has 0 aromatic heterocycles. The number of amides is 2. The zero-order valence-corrected chi connectivity index (χ0v) is 17.8. The van der Waals surface area contributed by atoms with Crippen molar-refractivity contribution in [3.8, 4) is 11.1 Å². The van der Waals surface area contributed by atoms with Gasteiger partial charge in [0.05, 0.1) is 25.1 Å². The van der Waals surface area contributed by atoms with E-state index in [4.69, 9.17) is 4.74 Å². The molecule has 0 unspecified atom stereocenters. The lowest BCUT2D eigenvalue weighted by Gasteiger charge is -2.34. The van der Waals surface area contributed by atoms with Gasteiger partial charge in [-0.25, -0.2) is 0 Å². The third-order valence-corrected chi connectivity index (χ3v) is 7.11. The molecule has 2 aromatic carbocycles. The third kappa shape index (κ3) is 2.72. The first-order chi connectivity index (χ1) is 14.4. The summed E-state index contributed by atoms with van der Waals surface area (Å²) >= 11 is 0. The molecule has 2 amide bonds. The molecule has 1 spiro atoms. The lowest BCUT2D eigenvalue weighted by Crippen LogP contribution is -2.51. The largest absolute Gasteiger partial charge is 0.351 e. The van der Waals surface area contributed by atoms with Gasteiger partial charge in [0.2, 0.25) is 5.91 Å². The predicted octanol–water partition coefficient (Wildman–Crippen LogP) is 3.86. The smallest absolute Gasteiger partial charge is 0.254 e. The molecular weight excluding hydrogens is 376 g/mol. The average Bonchev–Trinajstić information content (AvgIpc) is 3.37. The second kappa shape index (κ2) is 6.95. The molecule has 5 nitrogen and oxygen atoms in total. The number of hydrogen-bond donors (Lipinski definition) is 0. The van der Waals surface area contributed by atoms with Crippen molar-refractivity contribution < 1.29 is 14.3 Å². The van der Waals surface area contributed by atoms with Crippen LogP contribution in [0.2, 0.25) is 0 Å². The van der Waals surface area contributed by atoms with Gasteiger partial charge < -0.3 is 14.5 Å². The van der Waals surface area contributed by atoms with Crippen LogP contribution in [-0.4, -0.2) is 52.6 Å². The highest BCUT2D eigenvalue weighted by molar-refractivity contribution is 5.96. The van der Waals surface area contributed by atoms with Gasteiger partial charge in [-0.15, -0.1) is 0 Å². The number of ether oxygens (including phenoxy) is 1. The van der Waals surface area contributed by atoms with Gasteiger partial charge in [0.15, 0.2) is 5.72 Å². The van der Waals surface area contributed by atoms with Crippen molar-refractivity contribution in [2.45, 2.75) is 51.4 Å². The summed E-state index contributed by atoms with van der Waals surface area (Å²) in [7, 11) is 0. The van der Waals surface area contributed by atoms with Gasteiger partial charge in [-0.05, 0) is 41.7 Å². The zero-order chi connectivity index (χ0) is 21.0. The van der Waals surface area contributed by atoms with Crippen LogP contribution in [0.4, 0.5) is 0 Å². The summed E-state index contributed by atoms with van der Waals surface area (Å²) in [4.78, 5) is 30.0. The fraction of sp³-hybridized carbons (Fsp3) is 0.440. The maximum absolute atomic E-state index is 13.4. The Morgan fingerprint density at radius 1 is 1.13 bits per heavy atom. The topological polar surface area (TPSA) is 49.9 Å². The molecule has 0 radical (unpaired) electrons. The van der Waals surface area contributed by atoms with Gasteiger partial charge in [0.25, 0.3) is 5.91 Å². The molecule has 3 heterocycles. The lowest BCUT2D eigenvalue weighted by molar-refractivity contribution is -0.139. The zero-order valence-electron chi connectivity index (χ0n) is 17.8. The molecule has 0 N–H and O–H groups in total. The predicted molar refractivity (Wildman–Crippen MR) is 115 cm³/mol. The minimum Gasteiger partial charge on any atom is -0.351 e. The van der Waals surface area contributed by atoms with E-state index >= 15 is 0 Å². The highest BCUT2D eigenvalue weighted by Crippen LogP contribution is 2.49. The lowest BCUT2D eigenvalue weighted by atomic mass is 9.99. The molecule has 30 heavy (non-hydrogen) atoms. The molecule has 3 atom stereocenters. The van der Waals surface area contributed by atoms with Gasteiger partial charge >= 0.3 is 0 Å². The molecule has 0 bridgehead atoms. The van der Waals surface area contributed by atoms with Gasteiger partial charge in [-0.1, -0.05) is 50.2 Å². The van der Waals surface area contributed by atoms with E-state index < -0.39 is 5.72 Å². The minimum atomic E-state index is -0.622. The van der Waals surface area contributed by atoms with Crippen LogP contribution in [0.1, 0.15) is 42.6 Å². The molecular formula is C25H28N2O3. The van der Waals surface area contributed by atoms with Crippen LogP contribution in [0.5, 0.6) is 0 Å². The van der Waals surface area contributed by atoms with Crippen LogP contribution in [0, 0.1) is 12.8 Å². The number of rotatable bonds is 3. The number of nitrogens with zero attached hydrogens (tertiary/aromatic N) is 2. The van der Waals surface area contributed by atoms with Crippen LogP contribution in [0.25, 0.3) is 11.1 Å². The van der Waals surface area contributed by atoms with Crippen LogP contribution in [-0.2, 0) is 9.53 Å². The van der Waals surface area contributed by atoms with E-state index in [1.807, 2.05) is 46.2 Å². The van der Waals surface area contributed by atoms with Crippen molar-refractivity contribution in [2.24, 2.45) is 5.92 Å². The van der Waals surface area contributed by atoms with E-state index in [0.717, 1.165) is 5.56 Å². The van der Waals surface area contributed by atoms with Gasteiger partial charge in [-0.2, -0.15) is 0 Å². The second-order valence-corrected chi connectivity index (χ2v) is 9.09. The summed E-state index contributed by atoms with van der Waals surface area (Å²) in [5, 5.41) is 0. The molecule has 5 heteroatoms. The van der Waals surface area contributed by atoms with Gasteiger partial charge in [0, 0.05) is 18.5 Å². The average molecular weight is 405 g/mol. The van der Waals surface area contributed by atoms with E-state index in [1.54, 1.807) is 0 Å². The summed E-state index contributed by atoms with van der Waals surface area (Å²) in [5.74, 6) is 0.439. The van der Waals surface area contributed by atoms with Gasteiger partial charge in [0.1, 0.15) is 0 Å². The minimum absolute atomic E-state index is 0.0144. The second-order valence-electron chi connectivity index (χ2n) is 9.09. The van der Waals surface area contributed by atoms with E-state index in [1.165, 1.54) is 11.1 Å². The van der Waals surface area contributed by atoms with Crippen LogP contribution in [0.15, 0.2) is 48.5 Å². The Bertz CT molecular complexity index is 1000. The van der Waals surface area contributed by atoms with Gasteiger partial charge in [-0.3, -0.25) is 9.59 Å². The SMILES string of the molecule is Cc1ccccc1-c1ccc(C(=O)N2CC[C@@]34OC[C@@H](C(C)C)N3C(=O)C[C@@H]24)cc1. The number of benzene rings is 2. The molecule has 5 rings (SSSR count). The van der Waals surface area contributed by atoms with Crippen LogP contribution >= 0.6 is 0 Å². The summed E-state index contributed by atoms with van der Waals surface area (Å²) in [6.45, 7) is 7.53. The Labute approximate surface area is 177 Å². The monoisotopic (exact) mass is 404 g/mol. The Balaban J connectivity index is 1.39. The van der Waals surface area contributed by atoms with Crippen molar-refractivity contribution >= 4 is 11.8 Å². The first-order valence-corrected chi connectivity index (χ1v) is 10.9. The highest BCUT2D eigenvalue weighted by atomic mass is 16.5. The summed E-state index contributed by atoms with van der Waals surface area (Å²) in [6, 6.07) is 16.0. The number of carbonyl (C=O) groups is 2. The molecule has 2 aromatic rings. The molecule has 0 saturated carbocycles. The summed E-state index contributed by atoms with van der Waals surface area (Å²) in [6.07, 6.45) is 1.05. The summed E-state index contributed by atoms with van der Waals surface area (Å²) in [5.41, 5.74) is 3.52. The molecule has 0 aliphatic carbocycles. The van der Waals surface area contributed by atoms with Crippen molar-refractivity contribution in [3.05, 3.63) is 59.7 Å². The van der Waals surface area contributed by atoms with Crippen LogP contribution in [0.3, 0.4) is 0 Å². The Hall–Kier alpha value is -2.66. The fourth-order valence-electron chi connectivity index (χ4n) is 5.47. The molecule has 3 aliphatic heterocycles. The van der Waals surface area contributed by atoms with E-state index in [2.05, 4.69) is 32.9 Å². The summed E-state index contributed by atoms with van der Waals surface area (Å²) < 4.78 is 6.25. The van der Waals surface area contributed by atoms with E-state index in [9.17, 15) is 9.59 Å². The Kier molecular flexibility index (Phi) is 4.47. The van der Waals surface area contributed by atoms with E-state index in [0.29, 0.717) is 37.5 Å². The van der Waals surface area contributed by atoms with Crippen molar-refractivity contribution in [1.82, 2.24) is 9.80 Å². The Morgan fingerprint density at radius 2 is 1.87 bits per heavy atom. The molecule has 3 aliphatic rings. The molecule has 3 saturated heterocycles. The number of carbonyl (C=O) groups excluding carboxylic acids is 2. The number of likely N-dealkylation sites (tertiary alicyclic amines) is 1. The fourth-order valence-corrected chi connectivity index (χ4v) is 5.47. The first kappa shape index (κ1) is 19.3. The van der Waals surface area contributed by atoms with Crippen LogP contribution < -0.4 is 0 Å². The molecule has 3 fully saturated rings. The third-order valence-electron chi connectivity index (χ3n) is 7.11. The quantitative estimate of drug-likeness (QED) is 0.781.